The maximum absolute atomic E-state index is 12.6. The van der Waals surface area contributed by atoms with Gasteiger partial charge in [-0.2, -0.15) is 0 Å². The van der Waals surface area contributed by atoms with Crippen LogP contribution in [0.15, 0.2) is 78.0 Å². The number of methoxy groups -OCH3 is 2. The number of carbonyl (C=O) groups excluding carboxylic acids is 1. The van der Waals surface area contributed by atoms with Crippen molar-refractivity contribution in [1.29, 1.82) is 0 Å². The molecular weight excluding hydrogens is 464 g/mol. The van der Waals surface area contributed by atoms with Crippen LogP contribution in [0, 0.1) is 0 Å². The van der Waals surface area contributed by atoms with Crippen molar-refractivity contribution in [2.75, 3.05) is 31.9 Å². The van der Waals surface area contributed by atoms with Crippen LogP contribution in [-0.4, -0.2) is 47.3 Å². The molecule has 1 amide bonds. The van der Waals surface area contributed by atoms with E-state index < -0.39 is 0 Å². The van der Waals surface area contributed by atoms with Gasteiger partial charge < -0.3 is 19.5 Å². The molecule has 35 heavy (non-hydrogen) atoms. The van der Waals surface area contributed by atoms with Gasteiger partial charge in [0.2, 0.25) is 5.91 Å². The molecule has 0 unspecified atom stereocenters. The van der Waals surface area contributed by atoms with Gasteiger partial charge in [0.25, 0.3) is 0 Å². The molecule has 0 saturated heterocycles. The van der Waals surface area contributed by atoms with E-state index in [0.29, 0.717) is 23.3 Å². The molecule has 9 heteroatoms. The Kier molecular flexibility index (Phi) is 7.89. The zero-order valence-electron chi connectivity index (χ0n) is 19.7. The number of thioether (sulfide) groups is 1. The number of benzene rings is 3. The number of rotatable bonds is 10. The topological polar surface area (TPSA) is 87.5 Å². The second-order valence-corrected chi connectivity index (χ2v) is 8.31. The normalized spacial score (nSPS) is 10.6. The highest BCUT2D eigenvalue weighted by atomic mass is 32.2. The summed E-state index contributed by atoms with van der Waals surface area (Å²) in [7, 11) is 3.25. The van der Waals surface area contributed by atoms with Crippen molar-refractivity contribution in [3.05, 3.63) is 72.8 Å². The van der Waals surface area contributed by atoms with Gasteiger partial charge in [-0.1, -0.05) is 23.9 Å². The van der Waals surface area contributed by atoms with E-state index in [1.54, 1.807) is 14.2 Å². The molecule has 0 aliphatic heterocycles. The van der Waals surface area contributed by atoms with Crippen molar-refractivity contribution in [2.24, 2.45) is 0 Å². The molecule has 4 rings (SSSR count). The van der Waals surface area contributed by atoms with E-state index in [1.165, 1.54) is 11.8 Å². The smallest absolute Gasteiger partial charge is 0.234 e. The van der Waals surface area contributed by atoms with Crippen LogP contribution in [0.2, 0.25) is 0 Å². The molecule has 0 aliphatic carbocycles. The molecule has 180 valence electrons. The Morgan fingerprint density at radius 3 is 2.31 bits per heavy atom. The lowest BCUT2D eigenvalue weighted by molar-refractivity contribution is -0.113. The van der Waals surface area contributed by atoms with Crippen molar-refractivity contribution in [3.63, 3.8) is 0 Å². The van der Waals surface area contributed by atoms with Gasteiger partial charge in [-0.3, -0.25) is 9.36 Å². The van der Waals surface area contributed by atoms with Crippen molar-refractivity contribution >= 4 is 23.4 Å². The van der Waals surface area contributed by atoms with Crippen molar-refractivity contribution in [3.8, 4) is 34.3 Å². The van der Waals surface area contributed by atoms with Crippen LogP contribution < -0.4 is 19.5 Å². The van der Waals surface area contributed by atoms with Crippen LogP contribution in [0.4, 0.5) is 5.69 Å². The summed E-state index contributed by atoms with van der Waals surface area (Å²) >= 11 is 1.31. The predicted octanol–water partition coefficient (Wildman–Crippen LogP) is 5.08. The van der Waals surface area contributed by atoms with Gasteiger partial charge in [-0.15, -0.1) is 10.2 Å². The third-order valence-corrected chi connectivity index (χ3v) is 6.00. The molecule has 1 aromatic heterocycles. The van der Waals surface area contributed by atoms with Gasteiger partial charge in [-0.05, 0) is 67.6 Å². The summed E-state index contributed by atoms with van der Waals surface area (Å²) in [6.45, 7) is 2.52. The Bertz CT molecular complexity index is 1270. The average molecular weight is 491 g/mol. The summed E-state index contributed by atoms with van der Waals surface area (Å²) in [6, 6.07) is 22.5. The van der Waals surface area contributed by atoms with Gasteiger partial charge in [0, 0.05) is 16.9 Å². The maximum Gasteiger partial charge on any atom is 0.234 e. The lowest BCUT2D eigenvalue weighted by atomic mass is 10.2. The summed E-state index contributed by atoms with van der Waals surface area (Å²) in [5, 5.41) is 12.3. The molecule has 3 aromatic carbocycles. The number of hydrogen-bond donors (Lipinski definition) is 1. The zero-order valence-corrected chi connectivity index (χ0v) is 20.5. The highest BCUT2D eigenvalue weighted by molar-refractivity contribution is 7.99. The Balaban J connectivity index is 1.56. The van der Waals surface area contributed by atoms with Crippen LogP contribution in [-0.2, 0) is 4.79 Å². The Labute approximate surface area is 208 Å². The standard InChI is InChI=1S/C26H26N4O4S/c1-4-34-22-12-8-19(9-13-22)27-24(31)17-35-26-29-28-25(18-6-5-7-23(16-18)33-3)30(26)20-10-14-21(32-2)15-11-20/h5-16H,4,17H2,1-3H3,(H,27,31). The van der Waals surface area contributed by atoms with Crippen molar-refractivity contribution in [1.82, 2.24) is 14.8 Å². The molecule has 8 nitrogen and oxygen atoms in total. The van der Waals surface area contributed by atoms with Crippen LogP contribution in [0.5, 0.6) is 17.2 Å². The van der Waals surface area contributed by atoms with Gasteiger partial charge in [0.05, 0.1) is 26.6 Å². The number of ether oxygens (including phenoxy) is 3. The third-order valence-electron chi connectivity index (χ3n) is 5.07. The van der Waals surface area contributed by atoms with Crippen LogP contribution in [0.1, 0.15) is 6.92 Å². The van der Waals surface area contributed by atoms with E-state index in [0.717, 1.165) is 28.5 Å². The molecule has 0 spiro atoms. The average Bonchev–Trinajstić information content (AvgIpc) is 3.33. The monoisotopic (exact) mass is 490 g/mol. The summed E-state index contributed by atoms with van der Waals surface area (Å²) < 4.78 is 18.0. The Hall–Kier alpha value is -3.98. The van der Waals surface area contributed by atoms with Gasteiger partial charge in [0.15, 0.2) is 11.0 Å². The molecule has 0 aliphatic rings. The summed E-state index contributed by atoms with van der Waals surface area (Å²) in [5.41, 5.74) is 2.40. The first-order valence-electron chi connectivity index (χ1n) is 11.0. The molecule has 0 atom stereocenters. The minimum Gasteiger partial charge on any atom is -0.497 e. The Morgan fingerprint density at radius 1 is 0.914 bits per heavy atom. The van der Waals surface area contributed by atoms with Gasteiger partial charge in [-0.25, -0.2) is 0 Å². The molecule has 0 fully saturated rings. The van der Waals surface area contributed by atoms with E-state index in [1.807, 2.05) is 84.3 Å². The van der Waals surface area contributed by atoms with E-state index in [4.69, 9.17) is 14.2 Å². The van der Waals surface area contributed by atoms with Crippen LogP contribution >= 0.6 is 11.8 Å². The van der Waals surface area contributed by atoms with Gasteiger partial charge >= 0.3 is 0 Å². The number of carbonyl (C=O) groups is 1. The SMILES string of the molecule is CCOc1ccc(NC(=O)CSc2nnc(-c3cccc(OC)c3)n2-c2ccc(OC)cc2)cc1. The molecular formula is C26H26N4O4S. The minimum absolute atomic E-state index is 0.147. The predicted molar refractivity (Wildman–Crippen MR) is 137 cm³/mol. The highest BCUT2D eigenvalue weighted by Crippen LogP contribution is 2.30. The fourth-order valence-electron chi connectivity index (χ4n) is 3.40. The quantitative estimate of drug-likeness (QED) is 0.310. The Morgan fingerprint density at radius 2 is 1.63 bits per heavy atom. The largest absolute Gasteiger partial charge is 0.497 e. The van der Waals surface area contributed by atoms with Crippen LogP contribution in [0.25, 0.3) is 17.1 Å². The molecule has 4 aromatic rings. The summed E-state index contributed by atoms with van der Waals surface area (Å²) in [6.07, 6.45) is 0. The second-order valence-electron chi connectivity index (χ2n) is 7.37. The number of aromatic nitrogens is 3. The van der Waals surface area contributed by atoms with Gasteiger partial charge in [0.1, 0.15) is 17.2 Å². The second kappa shape index (κ2) is 11.4. The number of amides is 1. The summed E-state index contributed by atoms with van der Waals surface area (Å²) in [5.74, 6) is 2.89. The van der Waals surface area contributed by atoms with Crippen LogP contribution in [0.3, 0.4) is 0 Å². The minimum atomic E-state index is -0.147. The first kappa shape index (κ1) is 24.2. The molecule has 1 N–H and O–H groups in total. The highest BCUT2D eigenvalue weighted by Gasteiger charge is 2.18. The summed E-state index contributed by atoms with van der Waals surface area (Å²) in [4.78, 5) is 12.6. The maximum atomic E-state index is 12.6. The molecule has 1 heterocycles. The van der Waals surface area contributed by atoms with E-state index in [-0.39, 0.29) is 11.7 Å². The first-order valence-corrected chi connectivity index (χ1v) is 12.0. The fourth-order valence-corrected chi connectivity index (χ4v) is 4.16. The number of nitrogens with zero attached hydrogens (tertiary/aromatic N) is 3. The lowest BCUT2D eigenvalue weighted by Gasteiger charge is -2.12. The third kappa shape index (κ3) is 5.93. The molecule has 0 bridgehead atoms. The van der Waals surface area contributed by atoms with E-state index in [2.05, 4.69) is 15.5 Å². The number of anilines is 1. The zero-order chi connectivity index (χ0) is 24.6. The van der Waals surface area contributed by atoms with Crippen molar-refractivity contribution < 1.29 is 19.0 Å². The number of nitrogens with one attached hydrogen (secondary N) is 1. The van der Waals surface area contributed by atoms with E-state index in [9.17, 15) is 4.79 Å². The van der Waals surface area contributed by atoms with Crippen molar-refractivity contribution in [2.45, 2.75) is 12.1 Å². The molecule has 0 saturated carbocycles. The molecule has 0 radical (unpaired) electrons. The fraction of sp³-hybridized carbons (Fsp3) is 0.192. The van der Waals surface area contributed by atoms with E-state index >= 15 is 0 Å². The number of hydrogen-bond acceptors (Lipinski definition) is 7. The lowest BCUT2D eigenvalue weighted by Crippen LogP contribution is -2.14. The first-order chi connectivity index (χ1) is 17.1.